The number of nitrogens with zero attached hydrogens (tertiary/aromatic N) is 1. The molecule has 0 aliphatic heterocycles. The van der Waals surface area contributed by atoms with Crippen LogP contribution in [-0.2, 0) is 14.3 Å². The maximum atomic E-state index is 12.1. The van der Waals surface area contributed by atoms with E-state index in [9.17, 15) is 9.59 Å². The van der Waals surface area contributed by atoms with Crippen molar-refractivity contribution in [2.45, 2.75) is 161 Å². The van der Waals surface area contributed by atoms with Crippen molar-refractivity contribution in [3.63, 3.8) is 0 Å². The zero-order valence-corrected chi connectivity index (χ0v) is 25.5. The molecule has 220 valence electrons. The van der Waals surface area contributed by atoms with Crippen molar-refractivity contribution in [1.29, 1.82) is 0 Å². The lowest BCUT2D eigenvalue weighted by atomic mass is 9.96. The van der Waals surface area contributed by atoms with Gasteiger partial charge in [0.1, 0.15) is 6.54 Å². The minimum atomic E-state index is -0.921. The molecular weight excluding hydrogens is 462 g/mol. The summed E-state index contributed by atoms with van der Waals surface area (Å²) in [5, 5.41) is 9.06. The average Bonchev–Trinajstić information content (AvgIpc) is 2.80. The fourth-order valence-corrected chi connectivity index (χ4v) is 5.14. The molecule has 0 amide bonds. The summed E-state index contributed by atoms with van der Waals surface area (Å²) in [5.74, 6) is -0.264. The Kier molecular flexibility index (Phi) is 23.3. The Morgan fingerprint density at radius 2 is 1.08 bits per heavy atom. The first-order chi connectivity index (χ1) is 17.6. The third-order valence-electron chi connectivity index (χ3n) is 7.33. The van der Waals surface area contributed by atoms with Crippen LogP contribution in [0.2, 0.25) is 0 Å². The Labute approximate surface area is 230 Å². The van der Waals surface area contributed by atoms with Crippen LogP contribution in [0.4, 0.5) is 0 Å². The molecular formula is C32H64NO4+. The quantitative estimate of drug-likeness (QED) is 0.0659. The van der Waals surface area contributed by atoms with E-state index in [1.165, 1.54) is 116 Å². The van der Waals surface area contributed by atoms with Gasteiger partial charge in [-0.2, -0.15) is 0 Å². The molecule has 5 nitrogen and oxygen atoms in total. The van der Waals surface area contributed by atoms with Gasteiger partial charge in [0.2, 0.25) is 0 Å². The number of carbonyl (C=O) groups excluding carboxylic acids is 1. The van der Waals surface area contributed by atoms with Crippen LogP contribution in [0.5, 0.6) is 0 Å². The highest BCUT2D eigenvalue weighted by Crippen LogP contribution is 2.19. The number of aliphatic carboxylic acids is 1. The van der Waals surface area contributed by atoms with E-state index in [1.54, 1.807) is 0 Å². The number of quaternary nitrogens is 1. The number of carbonyl (C=O) groups is 2. The van der Waals surface area contributed by atoms with Crippen molar-refractivity contribution in [3.8, 4) is 0 Å². The average molecular weight is 527 g/mol. The van der Waals surface area contributed by atoms with E-state index in [2.05, 4.69) is 13.8 Å². The largest absolute Gasteiger partial charge is 0.481 e. The summed E-state index contributed by atoms with van der Waals surface area (Å²) >= 11 is 0. The molecule has 0 radical (unpaired) electrons. The number of hydrogen-bond donors (Lipinski definition) is 1. The minimum Gasteiger partial charge on any atom is -0.481 e. The summed E-state index contributed by atoms with van der Waals surface area (Å²) in [7, 11) is 5.92. The van der Waals surface area contributed by atoms with Crippen molar-refractivity contribution in [1.82, 2.24) is 0 Å². The first kappa shape index (κ1) is 35.9. The number of esters is 1. The molecule has 0 aromatic rings. The van der Waals surface area contributed by atoms with Crippen LogP contribution in [0.15, 0.2) is 0 Å². The Morgan fingerprint density at radius 3 is 1.49 bits per heavy atom. The fraction of sp³-hybridized carbons (Fsp3) is 0.938. The standard InChI is InChI=1S/C32H63NO4/c1-6-7-8-9-18-21-24-29(2)25-22-19-16-14-12-10-11-13-15-17-20-23-26-32(36)37-30(27-31(34)35)28-33(3,4)5/h29-30H,6-28H2,1-5H3/p+1. The van der Waals surface area contributed by atoms with Gasteiger partial charge in [0, 0.05) is 6.42 Å². The van der Waals surface area contributed by atoms with Gasteiger partial charge in [-0.15, -0.1) is 0 Å². The Hall–Kier alpha value is -1.10. The van der Waals surface area contributed by atoms with Crippen LogP contribution in [-0.4, -0.2) is 55.3 Å². The third kappa shape index (κ3) is 27.7. The molecule has 37 heavy (non-hydrogen) atoms. The Balaban J connectivity index is 3.49. The Morgan fingerprint density at radius 1 is 0.676 bits per heavy atom. The highest BCUT2D eigenvalue weighted by molar-refractivity contribution is 5.71. The molecule has 0 aromatic carbocycles. The van der Waals surface area contributed by atoms with Gasteiger partial charge in [-0.25, -0.2) is 0 Å². The van der Waals surface area contributed by atoms with E-state index < -0.39 is 12.1 Å². The number of rotatable bonds is 27. The summed E-state index contributed by atoms with van der Waals surface area (Å²) in [5.41, 5.74) is 0. The van der Waals surface area contributed by atoms with Gasteiger partial charge in [-0.05, 0) is 12.3 Å². The number of likely N-dealkylation sites (N-methyl/N-ethyl adjacent to an activating group) is 1. The van der Waals surface area contributed by atoms with E-state index in [4.69, 9.17) is 9.84 Å². The molecule has 0 aromatic heterocycles. The molecule has 2 atom stereocenters. The van der Waals surface area contributed by atoms with Gasteiger partial charge >= 0.3 is 11.9 Å². The van der Waals surface area contributed by atoms with Crippen molar-refractivity contribution in [2.24, 2.45) is 5.92 Å². The first-order valence-electron chi connectivity index (χ1n) is 15.9. The Bertz CT molecular complexity index is 543. The van der Waals surface area contributed by atoms with Gasteiger partial charge < -0.3 is 14.3 Å². The molecule has 0 spiro atoms. The predicted octanol–water partition coefficient (Wildman–Crippen LogP) is 8.93. The molecule has 0 fully saturated rings. The zero-order valence-electron chi connectivity index (χ0n) is 25.5. The van der Waals surface area contributed by atoms with Crippen molar-refractivity contribution < 1.29 is 23.9 Å². The number of carboxylic acids is 1. The number of carboxylic acid groups (broad SMARTS) is 1. The van der Waals surface area contributed by atoms with Gasteiger partial charge in [0.05, 0.1) is 27.6 Å². The van der Waals surface area contributed by atoms with Crippen LogP contribution in [0.1, 0.15) is 155 Å². The van der Waals surface area contributed by atoms with Crippen LogP contribution in [0, 0.1) is 5.92 Å². The number of hydrogen-bond acceptors (Lipinski definition) is 3. The van der Waals surface area contributed by atoms with E-state index >= 15 is 0 Å². The summed E-state index contributed by atoms with van der Waals surface area (Å²) in [6.45, 7) is 5.24. The van der Waals surface area contributed by atoms with Crippen molar-refractivity contribution >= 4 is 11.9 Å². The van der Waals surface area contributed by atoms with E-state index in [0.29, 0.717) is 17.4 Å². The molecule has 1 N–H and O–H groups in total. The van der Waals surface area contributed by atoms with E-state index in [-0.39, 0.29) is 12.4 Å². The predicted molar refractivity (Wildman–Crippen MR) is 157 cm³/mol. The highest BCUT2D eigenvalue weighted by Gasteiger charge is 2.24. The fourth-order valence-electron chi connectivity index (χ4n) is 5.14. The van der Waals surface area contributed by atoms with Crippen LogP contribution >= 0.6 is 0 Å². The molecule has 5 heteroatoms. The second-order valence-electron chi connectivity index (χ2n) is 12.6. The van der Waals surface area contributed by atoms with E-state index in [1.807, 2.05) is 21.1 Å². The summed E-state index contributed by atoms with van der Waals surface area (Å²) in [6, 6.07) is 0. The maximum Gasteiger partial charge on any atom is 0.307 e. The molecule has 0 bridgehead atoms. The summed E-state index contributed by atoms with van der Waals surface area (Å²) < 4.78 is 6.02. The number of ether oxygens (including phenoxy) is 1. The van der Waals surface area contributed by atoms with E-state index in [0.717, 1.165) is 18.8 Å². The van der Waals surface area contributed by atoms with Crippen LogP contribution < -0.4 is 0 Å². The lowest BCUT2D eigenvalue weighted by Gasteiger charge is -2.28. The molecule has 0 aliphatic rings. The normalized spacial score (nSPS) is 13.4. The molecule has 0 saturated heterocycles. The maximum absolute atomic E-state index is 12.1. The highest BCUT2D eigenvalue weighted by atomic mass is 16.5. The third-order valence-corrected chi connectivity index (χ3v) is 7.33. The summed E-state index contributed by atoms with van der Waals surface area (Å²) in [6.07, 6.45) is 26.4. The molecule has 0 heterocycles. The topological polar surface area (TPSA) is 63.6 Å². The smallest absolute Gasteiger partial charge is 0.307 e. The zero-order chi connectivity index (χ0) is 27.8. The molecule has 0 rings (SSSR count). The van der Waals surface area contributed by atoms with Crippen molar-refractivity contribution in [2.75, 3.05) is 27.7 Å². The van der Waals surface area contributed by atoms with Gasteiger partial charge in [-0.3, -0.25) is 9.59 Å². The lowest BCUT2D eigenvalue weighted by Crippen LogP contribution is -2.43. The van der Waals surface area contributed by atoms with Gasteiger partial charge in [0.25, 0.3) is 0 Å². The van der Waals surface area contributed by atoms with Gasteiger partial charge in [-0.1, -0.05) is 136 Å². The SMILES string of the molecule is CCCCCCCCC(C)CCCCCCCCCCCCCCC(=O)OC(CC(=O)O)C[N+](C)(C)C. The molecule has 0 aliphatic carbocycles. The monoisotopic (exact) mass is 526 g/mol. The van der Waals surface area contributed by atoms with Crippen LogP contribution in [0.25, 0.3) is 0 Å². The lowest BCUT2D eigenvalue weighted by molar-refractivity contribution is -0.873. The first-order valence-corrected chi connectivity index (χ1v) is 15.9. The second-order valence-corrected chi connectivity index (χ2v) is 12.6. The van der Waals surface area contributed by atoms with Gasteiger partial charge in [0.15, 0.2) is 6.10 Å². The second kappa shape index (κ2) is 24.0. The minimum absolute atomic E-state index is 0.125. The van der Waals surface area contributed by atoms with Crippen molar-refractivity contribution in [3.05, 3.63) is 0 Å². The van der Waals surface area contributed by atoms with Crippen LogP contribution in [0.3, 0.4) is 0 Å². The molecule has 0 saturated carbocycles. The summed E-state index contributed by atoms with van der Waals surface area (Å²) in [4.78, 5) is 23.2. The molecule has 2 unspecified atom stereocenters. The number of unbranched alkanes of at least 4 members (excludes halogenated alkanes) is 16.